The van der Waals surface area contributed by atoms with Gasteiger partial charge in [-0.25, -0.2) is 22.5 Å². The van der Waals surface area contributed by atoms with E-state index in [-0.39, 0.29) is 43.2 Å². The molecule has 0 bridgehead atoms. The van der Waals surface area contributed by atoms with Crippen molar-refractivity contribution in [3.05, 3.63) is 40.7 Å². The summed E-state index contributed by atoms with van der Waals surface area (Å²) in [4.78, 5) is 25.6. The molecule has 0 radical (unpaired) electrons. The van der Waals surface area contributed by atoms with E-state index in [1.807, 2.05) is 0 Å². The van der Waals surface area contributed by atoms with Gasteiger partial charge in [0.1, 0.15) is 16.5 Å². The minimum absolute atomic E-state index is 0.0245. The maximum absolute atomic E-state index is 13.7. The molecule has 1 aliphatic carbocycles. The summed E-state index contributed by atoms with van der Waals surface area (Å²) in [5, 5.41) is 3.36. The molecule has 2 saturated heterocycles. The summed E-state index contributed by atoms with van der Waals surface area (Å²) < 4.78 is 58.9. The molecule has 1 atom stereocenters. The number of halogens is 4. The molecule has 12 heteroatoms. The van der Waals surface area contributed by atoms with Crippen LogP contribution in [-0.4, -0.2) is 71.1 Å². The number of anilines is 1. The van der Waals surface area contributed by atoms with Crippen molar-refractivity contribution in [1.29, 1.82) is 0 Å². The number of hydrogen-bond acceptors (Lipinski definition) is 7. The summed E-state index contributed by atoms with van der Waals surface area (Å²) in [6, 6.07) is 1.14. The van der Waals surface area contributed by atoms with Gasteiger partial charge in [0.2, 0.25) is 0 Å². The number of likely N-dealkylation sites (tertiary alicyclic amines) is 1. The van der Waals surface area contributed by atoms with Crippen LogP contribution in [-0.2, 0) is 11.3 Å². The van der Waals surface area contributed by atoms with Gasteiger partial charge in [0, 0.05) is 44.6 Å². The van der Waals surface area contributed by atoms with Crippen molar-refractivity contribution in [2.75, 3.05) is 31.1 Å². The van der Waals surface area contributed by atoms with Gasteiger partial charge in [-0.05, 0) is 32.2 Å². The molecule has 2 aromatic heterocycles. The fourth-order valence-corrected chi connectivity index (χ4v) is 6.03. The Morgan fingerprint density at radius 3 is 2.61 bits per heavy atom. The van der Waals surface area contributed by atoms with E-state index in [1.165, 1.54) is 17.5 Å². The average molecular weight is 528 g/mol. The number of aromatic nitrogens is 2. The topological polar surface area (TPSA) is 70.6 Å². The number of rotatable bonds is 7. The smallest absolute Gasteiger partial charge is 0.263 e. The number of amides is 1. The minimum Gasteiger partial charge on any atom is -0.373 e. The maximum Gasteiger partial charge on any atom is 0.263 e. The second-order valence-electron chi connectivity index (χ2n) is 9.77. The molecular formula is C24H29F4N5O2S. The number of thiazole rings is 1. The summed E-state index contributed by atoms with van der Waals surface area (Å²) >= 11 is 1.28. The van der Waals surface area contributed by atoms with Gasteiger partial charge in [-0.1, -0.05) is 11.3 Å². The number of carbonyl (C=O) groups excluding carboxylic acids is 1. The van der Waals surface area contributed by atoms with E-state index in [9.17, 15) is 22.4 Å². The van der Waals surface area contributed by atoms with Gasteiger partial charge in [0.05, 0.1) is 36.8 Å². The molecule has 5 rings (SSSR count). The van der Waals surface area contributed by atoms with Crippen LogP contribution in [0.2, 0.25) is 0 Å². The first-order chi connectivity index (χ1) is 17.3. The third-order valence-corrected chi connectivity index (χ3v) is 8.17. The van der Waals surface area contributed by atoms with Crippen LogP contribution in [0.15, 0.2) is 18.5 Å². The first-order valence-electron chi connectivity index (χ1n) is 12.3. The Morgan fingerprint density at radius 2 is 1.89 bits per heavy atom. The molecule has 7 nitrogen and oxygen atoms in total. The summed E-state index contributed by atoms with van der Waals surface area (Å²) in [6.07, 6.45) is 5.64. The predicted molar refractivity (Wildman–Crippen MR) is 126 cm³/mol. The van der Waals surface area contributed by atoms with Crippen LogP contribution in [0.3, 0.4) is 0 Å². The fourth-order valence-electron chi connectivity index (χ4n) is 5.15. The van der Waals surface area contributed by atoms with Crippen molar-refractivity contribution in [3.8, 4) is 0 Å². The SMILES string of the molecule is O=C(NCc1ncc(F)cc1F)c1cnc(N2CCC(N3CCCC(OC4CC(F)(F)C4)C3)CC2)s1. The first kappa shape index (κ1) is 25.3. The van der Waals surface area contributed by atoms with Crippen LogP contribution >= 0.6 is 11.3 Å². The van der Waals surface area contributed by atoms with Crippen molar-refractivity contribution in [1.82, 2.24) is 20.2 Å². The lowest BCUT2D eigenvalue weighted by molar-refractivity contribution is -0.189. The summed E-state index contributed by atoms with van der Waals surface area (Å²) in [5.41, 5.74) is -0.0347. The third kappa shape index (κ3) is 5.97. The van der Waals surface area contributed by atoms with Gasteiger partial charge in [0.25, 0.3) is 11.8 Å². The van der Waals surface area contributed by atoms with E-state index in [0.29, 0.717) is 10.9 Å². The number of piperidine rings is 2. The molecule has 3 fully saturated rings. The molecule has 2 aromatic rings. The Kier molecular flexibility index (Phi) is 7.45. The number of nitrogens with zero attached hydrogens (tertiary/aromatic N) is 4. The largest absolute Gasteiger partial charge is 0.373 e. The van der Waals surface area contributed by atoms with E-state index >= 15 is 0 Å². The maximum atomic E-state index is 13.7. The van der Waals surface area contributed by atoms with Crippen LogP contribution in [0, 0.1) is 11.6 Å². The Bertz CT molecular complexity index is 1070. The van der Waals surface area contributed by atoms with Crippen molar-refractivity contribution >= 4 is 22.4 Å². The van der Waals surface area contributed by atoms with E-state index in [1.54, 1.807) is 0 Å². The van der Waals surface area contributed by atoms with Crippen LogP contribution in [0.1, 0.15) is 53.9 Å². The van der Waals surface area contributed by atoms with Crippen molar-refractivity contribution in [3.63, 3.8) is 0 Å². The molecule has 3 aliphatic rings. The Morgan fingerprint density at radius 1 is 1.11 bits per heavy atom. The lowest BCUT2D eigenvalue weighted by Gasteiger charge is -2.44. The van der Waals surface area contributed by atoms with Crippen LogP contribution in [0.4, 0.5) is 22.7 Å². The summed E-state index contributed by atoms with van der Waals surface area (Å²) in [6.45, 7) is 3.25. The monoisotopic (exact) mass is 527 g/mol. The van der Waals surface area contributed by atoms with Crippen molar-refractivity contribution in [2.45, 2.75) is 69.2 Å². The van der Waals surface area contributed by atoms with Crippen molar-refractivity contribution < 1.29 is 27.1 Å². The molecule has 4 heterocycles. The molecule has 0 spiro atoms. The number of ether oxygens (including phenoxy) is 1. The van der Waals surface area contributed by atoms with Crippen LogP contribution < -0.4 is 10.2 Å². The predicted octanol–water partition coefficient (Wildman–Crippen LogP) is 3.99. The Labute approximate surface area is 210 Å². The molecule has 1 saturated carbocycles. The lowest BCUT2D eigenvalue weighted by atomic mass is 9.90. The fraction of sp³-hybridized carbons (Fsp3) is 0.625. The van der Waals surface area contributed by atoms with Crippen LogP contribution in [0.25, 0.3) is 0 Å². The van der Waals surface area contributed by atoms with Crippen LogP contribution in [0.5, 0.6) is 0 Å². The molecule has 0 aromatic carbocycles. The standard InChI is InChI=1S/C24H29F4N5O2S/c25-15-8-19(26)20(29-11-15)12-30-22(34)21-13-31-23(36-21)32-6-3-16(4-7-32)33-5-1-2-17(14-33)35-18-9-24(27,28)10-18/h8,11,13,16-18H,1-7,9-10,12,14H2,(H,30,34). The number of carbonyl (C=O) groups is 1. The van der Waals surface area contributed by atoms with Gasteiger partial charge >= 0.3 is 0 Å². The second-order valence-corrected chi connectivity index (χ2v) is 10.8. The van der Waals surface area contributed by atoms with E-state index in [4.69, 9.17) is 4.74 Å². The van der Waals surface area contributed by atoms with E-state index < -0.39 is 17.6 Å². The van der Waals surface area contributed by atoms with Gasteiger partial charge in [0.15, 0.2) is 5.13 Å². The highest BCUT2D eigenvalue weighted by Crippen LogP contribution is 2.40. The first-order valence-corrected chi connectivity index (χ1v) is 13.1. The van der Waals surface area contributed by atoms with Gasteiger partial charge < -0.3 is 15.0 Å². The van der Waals surface area contributed by atoms with E-state index in [0.717, 1.165) is 69.3 Å². The zero-order valence-corrected chi connectivity index (χ0v) is 20.6. The highest BCUT2D eigenvalue weighted by molar-refractivity contribution is 7.17. The molecule has 196 valence electrons. The number of hydrogen-bond donors (Lipinski definition) is 1. The Balaban J connectivity index is 1.08. The molecule has 1 unspecified atom stereocenters. The highest BCUT2D eigenvalue weighted by atomic mass is 32.1. The minimum atomic E-state index is -2.56. The normalized spacial score (nSPS) is 23.4. The summed E-state index contributed by atoms with van der Waals surface area (Å²) in [5.74, 6) is -4.52. The average Bonchev–Trinajstić information content (AvgIpc) is 3.33. The van der Waals surface area contributed by atoms with Crippen molar-refractivity contribution in [2.24, 2.45) is 0 Å². The van der Waals surface area contributed by atoms with Gasteiger partial charge in [-0.15, -0.1) is 0 Å². The lowest BCUT2D eigenvalue weighted by Crippen LogP contribution is -2.52. The number of nitrogens with one attached hydrogen (secondary N) is 1. The number of alkyl halides is 2. The van der Waals surface area contributed by atoms with Gasteiger partial charge in [-0.2, -0.15) is 0 Å². The molecule has 2 aliphatic heterocycles. The molecule has 36 heavy (non-hydrogen) atoms. The van der Waals surface area contributed by atoms with E-state index in [2.05, 4.69) is 25.1 Å². The molecule has 1 amide bonds. The third-order valence-electron chi connectivity index (χ3n) is 7.12. The summed E-state index contributed by atoms with van der Waals surface area (Å²) in [7, 11) is 0. The molecular weight excluding hydrogens is 498 g/mol. The zero-order chi connectivity index (χ0) is 25.3. The second kappa shape index (κ2) is 10.6. The quantitative estimate of drug-likeness (QED) is 0.549. The number of pyridine rings is 1. The highest BCUT2D eigenvalue weighted by Gasteiger charge is 2.47. The molecule has 1 N–H and O–H groups in total. The zero-order valence-electron chi connectivity index (χ0n) is 19.8. The van der Waals surface area contributed by atoms with Gasteiger partial charge in [-0.3, -0.25) is 14.7 Å². The Hall–Kier alpha value is -2.31.